The van der Waals surface area contributed by atoms with Crippen LogP contribution in [0.1, 0.15) is 58.8 Å². The van der Waals surface area contributed by atoms with Crippen LogP contribution in [0.5, 0.6) is 0 Å². The lowest BCUT2D eigenvalue weighted by Gasteiger charge is -1.97. The van der Waals surface area contributed by atoms with Crippen molar-refractivity contribution < 1.29 is 4.79 Å². The zero-order valence-corrected chi connectivity index (χ0v) is 7.86. The molecule has 0 fully saturated rings. The number of carbonyl (C=O) groups excluding carboxylic acids is 1. The van der Waals surface area contributed by atoms with E-state index in [9.17, 15) is 4.79 Å². The minimum atomic E-state index is 0.418. The van der Waals surface area contributed by atoms with Gasteiger partial charge in [0.05, 0.1) is 0 Å². The van der Waals surface area contributed by atoms with E-state index in [1.54, 1.807) is 0 Å². The first-order chi connectivity index (χ1) is 5.31. The second kappa shape index (κ2) is 7.77. The molecule has 0 unspecified atom stereocenters. The highest BCUT2D eigenvalue weighted by molar-refractivity contribution is 5.77. The molecule has 66 valence electrons. The minimum Gasteiger partial charge on any atom is -0.300 e. The molecule has 0 heterocycles. The van der Waals surface area contributed by atoms with E-state index in [2.05, 4.69) is 6.92 Å². The molecule has 0 saturated heterocycles. The van der Waals surface area contributed by atoms with E-state index in [4.69, 9.17) is 0 Å². The molecule has 0 saturated carbocycles. The van der Waals surface area contributed by atoms with E-state index in [0.717, 1.165) is 12.8 Å². The standard InChI is InChI=1S/C10H20O/c1-3-5-6-7-8-9-10(11)4-2/h3-9H2,1-2H3. The Hall–Kier alpha value is -0.330. The monoisotopic (exact) mass is 156 g/mol. The van der Waals surface area contributed by atoms with Crippen LogP contribution in [0.2, 0.25) is 0 Å². The van der Waals surface area contributed by atoms with Crippen LogP contribution < -0.4 is 0 Å². The molecular formula is C10H20O. The van der Waals surface area contributed by atoms with Crippen LogP contribution in [-0.2, 0) is 4.79 Å². The van der Waals surface area contributed by atoms with E-state index in [-0.39, 0.29) is 0 Å². The summed E-state index contributed by atoms with van der Waals surface area (Å²) in [6.45, 7) is 4.14. The minimum absolute atomic E-state index is 0.418. The van der Waals surface area contributed by atoms with Crippen molar-refractivity contribution in [2.24, 2.45) is 0 Å². The van der Waals surface area contributed by atoms with Crippen LogP contribution >= 0.6 is 0 Å². The largest absolute Gasteiger partial charge is 0.300 e. The van der Waals surface area contributed by atoms with E-state index >= 15 is 0 Å². The maximum atomic E-state index is 10.8. The Bertz CT molecular complexity index is 97.0. The Balaban J connectivity index is 2.95. The Kier molecular flexibility index (Phi) is 7.54. The third-order valence-electron chi connectivity index (χ3n) is 1.95. The summed E-state index contributed by atoms with van der Waals surface area (Å²) in [4.78, 5) is 10.8. The summed E-state index contributed by atoms with van der Waals surface area (Å²) < 4.78 is 0. The van der Waals surface area contributed by atoms with Gasteiger partial charge in [-0.1, -0.05) is 39.5 Å². The third kappa shape index (κ3) is 7.57. The molecule has 0 rings (SSSR count). The molecule has 0 aliphatic heterocycles. The van der Waals surface area contributed by atoms with Gasteiger partial charge in [0.25, 0.3) is 0 Å². The number of rotatable bonds is 7. The molecule has 1 heteroatoms. The van der Waals surface area contributed by atoms with E-state index in [1.807, 2.05) is 6.92 Å². The molecule has 11 heavy (non-hydrogen) atoms. The molecule has 0 aliphatic rings. The van der Waals surface area contributed by atoms with Gasteiger partial charge in [-0.2, -0.15) is 0 Å². The van der Waals surface area contributed by atoms with Crippen LogP contribution in [0.15, 0.2) is 0 Å². The first-order valence-electron chi connectivity index (χ1n) is 4.83. The molecule has 0 aromatic heterocycles. The van der Waals surface area contributed by atoms with E-state index < -0.39 is 0 Å². The SMILES string of the molecule is CCCCCCCC(=O)CC. The van der Waals surface area contributed by atoms with Crippen LogP contribution in [-0.4, -0.2) is 5.78 Å². The van der Waals surface area contributed by atoms with E-state index in [0.29, 0.717) is 12.2 Å². The number of hydrogen-bond acceptors (Lipinski definition) is 1. The summed E-state index contributed by atoms with van der Waals surface area (Å²) in [5.41, 5.74) is 0. The molecule has 0 N–H and O–H groups in total. The Morgan fingerprint density at radius 3 is 2.18 bits per heavy atom. The molecule has 1 nitrogen and oxygen atoms in total. The highest BCUT2D eigenvalue weighted by atomic mass is 16.1. The number of hydrogen-bond donors (Lipinski definition) is 0. The van der Waals surface area contributed by atoms with Crippen LogP contribution in [0.3, 0.4) is 0 Å². The average Bonchev–Trinajstić information content (AvgIpc) is 2.04. The number of carbonyl (C=O) groups is 1. The highest BCUT2D eigenvalue weighted by Crippen LogP contribution is 2.05. The van der Waals surface area contributed by atoms with Crippen molar-refractivity contribution in [2.75, 3.05) is 0 Å². The fourth-order valence-corrected chi connectivity index (χ4v) is 1.10. The van der Waals surface area contributed by atoms with Crippen molar-refractivity contribution in [3.63, 3.8) is 0 Å². The van der Waals surface area contributed by atoms with Crippen molar-refractivity contribution in [1.82, 2.24) is 0 Å². The maximum absolute atomic E-state index is 10.8. The Labute approximate surface area is 70.2 Å². The molecule has 0 aromatic carbocycles. The van der Waals surface area contributed by atoms with Gasteiger partial charge < -0.3 is 0 Å². The van der Waals surface area contributed by atoms with Gasteiger partial charge >= 0.3 is 0 Å². The smallest absolute Gasteiger partial charge is 0.132 e. The van der Waals surface area contributed by atoms with Gasteiger partial charge in [-0.25, -0.2) is 0 Å². The normalized spacial score (nSPS) is 10.0. The van der Waals surface area contributed by atoms with Crippen molar-refractivity contribution >= 4 is 5.78 Å². The van der Waals surface area contributed by atoms with Crippen molar-refractivity contribution in [3.05, 3.63) is 0 Å². The predicted molar refractivity (Wildman–Crippen MR) is 48.7 cm³/mol. The number of ketones is 1. The molecule has 0 aliphatic carbocycles. The van der Waals surface area contributed by atoms with Crippen molar-refractivity contribution in [2.45, 2.75) is 58.8 Å². The lowest BCUT2D eigenvalue weighted by Crippen LogP contribution is -1.93. The summed E-state index contributed by atoms with van der Waals surface area (Å²) >= 11 is 0. The lowest BCUT2D eigenvalue weighted by atomic mass is 10.1. The summed E-state index contributed by atoms with van der Waals surface area (Å²) in [5, 5.41) is 0. The molecule has 0 amide bonds. The highest BCUT2D eigenvalue weighted by Gasteiger charge is 1.96. The quantitative estimate of drug-likeness (QED) is 0.517. The molecule has 0 spiro atoms. The summed E-state index contributed by atoms with van der Waals surface area (Å²) in [5.74, 6) is 0.418. The molecule has 0 atom stereocenters. The Morgan fingerprint density at radius 2 is 1.64 bits per heavy atom. The van der Waals surface area contributed by atoms with E-state index in [1.165, 1.54) is 25.7 Å². The van der Waals surface area contributed by atoms with Crippen molar-refractivity contribution in [1.29, 1.82) is 0 Å². The first-order valence-corrected chi connectivity index (χ1v) is 4.83. The summed E-state index contributed by atoms with van der Waals surface area (Å²) in [6.07, 6.45) is 7.76. The van der Waals surface area contributed by atoms with Crippen LogP contribution in [0.4, 0.5) is 0 Å². The third-order valence-corrected chi connectivity index (χ3v) is 1.95. The van der Waals surface area contributed by atoms with Gasteiger partial charge in [-0.05, 0) is 6.42 Å². The maximum Gasteiger partial charge on any atom is 0.132 e. The van der Waals surface area contributed by atoms with Gasteiger partial charge in [-0.3, -0.25) is 4.79 Å². The summed E-state index contributed by atoms with van der Waals surface area (Å²) in [6, 6.07) is 0. The second-order valence-corrected chi connectivity index (χ2v) is 3.06. The lowest BCUT2D eigenvalue weighted by molar-refractivity contribution is -0.118. The first kappa shape index (κ1) is 10.7. The molecular weight excluding hydrogens is 136 g/mol. The molecule has 0 radical (unpaired) electrons. The van der Waals surface area contributed by atoms with Gasteiger partial charge in [0.2, 0.25) is 0 Å². The second-order valence-electron chi connectivity index (χ2n) is 3.06. The average molecular weight is 156 g/mol. The fourth-order valence-electron chi connectivity index (χ4n) is 1.10. The zero-order valence-electron chi connectivity index (χ0n) is 7.86. The van der Waals surface area contributed by atoms with Crippen LogP contribution in [0, 0.1) is 0 Å². The van der Waals surface area contributed by atoms with Gasteiger partial charge in [0.15, 0.2) is 0 Å². The fraction of sp³-hybridized carbons (Fsp3) is 0.900. The van der Waals surface area contributed by atoms with Crippen LogP contribution in [0.25, 0.3) is 0 Å². The van der Waals surface area contributed by atoms with Crippen molar-refractivity contribution in [3.8, 4) is 0 Å². The van der Waals surface area contributed by atoms with Gasteiger partial charge in [0.1, 0.15) is 5.78 Å². The number of Topliss-reactive ketones (excluding diaryl/α,β-unsaturated/α-hetero) is 1. The molecule has 0 bridgehead atoms. The predicted octanol–water partition coefficient (Wildman–Crippen LogP) is 3.33. The molecule has 0 aromatic rings. The van der Waals surface area contributed by atoms with Gasteiger partial charge in [0, 0.05) is 12.8 Å². The topological polar surface area (TPSA) is 17.1 Å². The Morgan fingerprint density at radius 1 is 1.00 bits per heavy atom. The van der Waals surface area contributed by atoms with Gasteiger partial charge in [-0.15, -0.1) is 0 Å². The zero-order chi connectivity index (χ0) is 8.53. The summed E-state index contributed by atoms with van der Waals surface area (Å²) in [7, 11) is 0. The number of unbranched alkanes of at least 4 members (excludes halogenated alkanes) is 4.